The van der Waals surface area contributed by atoms with Crippen molar-refractivity contribution in [3.8, 4) is 11.5 Å². The van der Waals surface area contributed by atoms with Gasteiger partial charge in [-0.3, -0.25) is 9.78 Å². The molecule has 0 saturated carbocycles. The minimum Gasteiger partial charge on any atom is -0.463 e. The van der Waals surface area contributed by atoms with Gasteiger partial charge in [0.1, 0.15) is 5.69 Å². The van der Waals surface area contributed by atoms with Crippen LogP contribution < -0.4 is 5.32 Å². The fourth-order valence-corrected chi connectivity index (χ4v) is 2.33. The lowest BCUT2D eigenvalue weighted by Gasteiger charge is -2.10. The number of hydrogen-bond donors (Lipinski definition) is 1. The monoisotopic (exact) mass is 346 g/mol. The molecule has 0 atom stereocenters. The lowest BCUT2D eigenvalue weighted by Crippen LogP contribution is -2.23. The molecule has 0 radical (unpaired) electrons. The minimum absolute atomic E-state index is 0.0572. The molecule has 0 unspecified atom stereocenters. The Labute approximate surface area is 141 Å². The van der Waals surface area contributed by atoms with Crippen LogP contribution in [-0.2, 0) is 12.7 Å². The summed E-state index contributed by atoms with van der Waals surface area (Å²) in [5.41, 5.74) is 0.339. The van der Waals surface area contributed by atoms with Gasteiger partial charge in [-0.05, 0) is 36.4 Å². The molecule has 0 aliphatic rings. The van der Waals surface area contributed by atoms with Crippen LogP contribution in [0.5, 0.6) is 0 Å². The Bertz CT molecular complexity index is 874. The number of benzene rings is 1. The SMILES string of the molecule is O=C(NCc1cccnc1-c1ccco1)c1cccc(C(F)(F)F)c1. The molecule has 3 aromatic rings. The van der Waals surface area contributed by atoms with E-state index >= 15 is 0 Å². The van der Waals surface area contributed by atoms with Gasteiger partial charge >= 0.3 is 6.18 Å². The lowest BCUT2D eigenvalue weighted by molar-refractivity contribution is -0.137. The Morgan fingerprint density at radius 3 is 2.68 bits per heavy atom. The molecule has 128 valence electrons. The van der Waals surface area contributed by atoms with Crippen LogP contribution in [0.4, 0.5) is 13.2 Å². The molecule has 0 fully saturated rings. The van der Waals surface area contributed by atoms with E-state index in [0.29, 0.717) is 17.0 Å². The van der Waals surface area contributed by atoms with Crippen LogP contribution in [0.15, 0.2) is 65.4 Å². The van der Waals surface area contributed by atoms with E-state index in [9.17, 15) is 18.0 Å². The predicted octanol–water partition coefficient (Wildman–Crippen LogP) is 4.29. The van der Waals surface area contributed by atoms with Gasteiger partial charge in [-0.15, -0.1) is 0 Å². The molecule has 2 aromatic heterocycles. The molecule has 1 amide bonds. The molecular weight excluding hydrogens is 333 g/mol. The number of furan rings is 1. The Morgan fingerprint density at radius 1 is 1.12 bits per heavy atom. The number of rotatable bonds is 4. The van der Waals surface area contributed by atoms with Gasteiger partial charge in [0.05, 0.1) is 11.8 Å². The molecule has 1 N–H and O–H groups in total. The van der Waals surface area contributed by atoms with Crippen LogP contribution >= 0.6 is 0 Å². The molecule has 0 aliphatic heterocycles. The van der Waals surface area contributed by atoms with Crippen molar-refractivity contribution in [2.24, 2.45) is 0 Å². The second-order valence-corrected chi connectivity index (χ2v) is 5.25. The highest BCUT2D eigenvalue weighted by Gasteiger charge is 2.30. The van der Waals surface area contributed by atoms with Gasteiger partial charge in [0, 0.05) is 23.9 Å². The largest absolute Gasteiger partial charge is 0.463 e. The van der Waals surface area contributed by atoms with Crippen molar-refractivity contribution in [3.63, 3.8) is 0 Å². The Morgan fingerprint density at radius 2 is 1.96 bits per heavy atom. The number of halogens is 3. The van der Waals surface area contributed by atoms with Crippen LogP contribution in [0.1, 0.15) is 21.5 Å². The van der Waals surface area contributed by atoms with Gasteiger partial charge in [0.25, 0.3) is 5.91 Å². The molecule has 25 heavy (non-hydrogen) atoms. The van der Waals surface area contributed by atoms with Crippen LogP contribution in [0.2, 0.25) is 0 Å². The van der Waals surface area contributed by atoms with Gasteiger partial charge < -0.3 is 9.73 Å². The van der Waals surface area contributed by atoms with E-state index in [-0.39, 0.29) is 12.1 Å². The average molecular weight is 346 g/mol. The summed E-state index contributed by atoms with van der Waals surface area (Å²) in [6, 6.07) is 11.2. The third-order valence-corrected chi connectivity index (χ3v) is 3.54. The highest BCUT2D eigenvalue weighted by Crippen LogP contribution is 2.29. The fourth-order valence-electron chi connectivity index (χ4n) is 2.33. The molecule has 4 nitrogen and oxygen atoms in total. The summed E-state index contributed by atoms with van der Waals surface area (Å²) in [5, 5.41) is 2.61. The summed E-state index contributed by atoms with van der Waals surface area (Å²) in [6.07, 6.45) is -1.39. The van der Waals surface area contributed by atoms with E-state index in [1.165, 1.54) is 18.4 Å². The summed E-state index contributed by atoms with van der Waals surface area (Å²) in [6.45, 7) is 0.110. The quantitative estimate of drug-likeness (QED) is 0.767. The van der Waals surface area contributed by atoms with E-state index in [1.807, 2.05) is 0 Å². The van der Waals surface area contributed by atoms with Crippen LogP contribution in [0.3, 0.4) is 0 Å². The zero-order valence-electron chi connectivity index (χ0n) is 12.9. The van der Waals surface area contributed by atoms with Crippen molar-refractivity contribution in [2.45, 2.75) is 12.7 Å². The van der Waals surface area contributed by atoms with E-state index in [1.54, 1.807) is 30.5 Å². The van der Waals surface area contributed by atoms with Gasteiger partial charge in [0.15, 0.2) is 5.76 Å². The molecule has 3 rings (SSSR count). The molecule has 0 bridgehead atoms. The zero-order chi connectivity index (χ0) is 17.9. The van der Waals surface area contributed by atoms with E-state index < -0.39 is 17.6 Å². The van der Waals surface area contributed by atoms with E-state index in [2.05, 4.69) is 10.3 Å². The van der Waals surface area contributed by atoms with Gasteiger partial charge in [0.2, 0.25) is 0 Å². The molecule has 1 aromatic carbocycles. The first-order chi connectivity index (χ1) is 11.9. The van der Waals surface area contributed by atoms with E-state index in [0.717, 1.165) is 12.1 Å². The first-order valence-electron chi connectivity index (χ1n) is 7.38. The molecule has 0 aliphatic carbocycles. The highest BCUT2D eigenvalue weighted by atomic mass is 19.4. The number of hydrogen-bond acceptors (Lipinski definition) is 3. The number of pyridine rings is 1. The second-order valence-electron chi connectivity index (χ2n) is 5.25. The highest BCUT2D eigenvalue weighted by molar-refractivity contribution is 5.94. The maximum Gasteiger partial charge on any atom is 0.416 e. The predicted molar refractivity (Wildman–Crippen MR) is 84.6 cm³/mol. The Kier molecular flexibility index (Phi) is 4.56. The minimum atomic E-state index is -4.49. The Hall–Kier alpha value is -3.09. The standard InChI is InChI=1S/C18H13F3N2O2/c19-18(20,21)14-6-1-4-12(10-14)17(24)23-11-13-5-2-8-22-16(13)15-7-3-9-25-15/h1-10H,11H2,(H,23,24). The number of nitrogens with zero attached hydrogens (tertiary/aromatic N) is 1. The topological polar surface area (TPSA) is 55.1 Å². The summed E-state index contributed by atoms with van der Waals surface area (Å²) in [5.74, 6) is -0.0516. The van der Waals surface area contributed by atoms with Crippen LogP contribution in [0, 0.1) is 0 Å². The average Bonchev–Trinajstić information content (AvgIpc) is 3.14. The number of carbonyl (C=O) groups is 1. The van der Waals surface area contributed by atoms with Crippen molar-refractivity contribution in [1.82, 2.24) is 10.3 Å². The number of carbonyl (C=O) groups excluding carboxylic acids is 1. The number of aromatic nitrogens is 1. The number of amides is 1. The van der Waals surface area contributed by atoms with Crippen molar-refractivity contribution in [1.29, 1.82) is 0 Å². The molecule has 0 spiro atoms. The van der Waals surface area contributed by atoms with Crippen molar-refractivity contribution in [3.05, 3.63) is 77.7 Å². The Balaban J connectivity index is 1.76. The van der Waals surface area contributed by atoms with Crippen molar-refractivity contribution < 1.29 is 22.4 Å². The maximum absolute atomic E-state index is 12.7. The first kappa shape index (κ1) is 16.8. The van der Waals surface area contributed by atoms with Gasteiger partial charge in [-0.25, -0.2) is 0 Å². The summed E-state index contributed by atoms with van der Waals surface area (Å²) < 4.78 is 43.5. The zero-order valence-corrected chi connectivity index (χ0v) is 12.9. The normalized spacial score (nSPS) is 11.3. The third-order valence-electron chi connectivity index (χ3n) is 3.54. The fraction of sp³-hybridized carbons (Fsp3) is 0.111. The van der Waals surface area contributed by atoms with Crippen LogP contribution in [-0.4, -0.2) is 10.9 Å². The lowest BCUT2D eigenvalue weighted by atomic mass is 10.1. The third kappa shape index (κ3) is 3.88. The van der Waals surface area contributed by atoms with Crippen LogP contribution in [0.25, 0.3) is 11.5 Å². The van der Waals surface area contributed by atoms with E-state index in [4.69, 9.17) is 4.42 Å². The molecular formula is C18H13F3N2O2. The number of nitrogens with one attached hydrogen (secondary N) is 1. The summed E-state index contributed by atoms with van der Waals surface area (Å²) in [7, 11) is 0. The molecule has 7 heteroatoms. The van der Waals surface area contributed by atoms with Crippen molar-refractivity contribution >= 4 is 5.91 Å². The first-order valence-corrected chi connectivity index (χ1v) is 7.38. The second kappa shape index (κ2) is 6.80. The summed E-state index contributed by atoms with van der Waals surface area (Å²) >= 11 is 0. The summed E-state index contributed by atoms with van der Waals surface area (Å²) in [4.78, 5) is 16.4. The maximum atomic E-state index is 12.7. The smallest absolute Gasteiger partial charge is 0.416 e. The van der Waals surface area contributed by atoms with Gasteiger partial charge in [-0.1, -0.05) is 12.1 Å². The molecule has 0 saturated heterocycles. The molecule has 2 heterocycles. The van der Waals surface area contributed by atoms with Crippen molar-refractivity contribution in [2.75, 3.05) is 0 Å². The number of alkyl halides is 3. The van der Waals surface area contributed by atoms with Gasteiger partial charge in [-0.2, -0.15) is 13.2 Å².